The van der Waals surface area contributed by atoms with Gasteiger partial charge in [-0.05, 0) is 39.3 Å². The van der Waals surface area contributed by atoms with Gasteiger partial charge in [-0.25, -0.2) is 0 Å². The van der Waals surface area contributed by atoms with Crippen molar-refractivity contribution < 1.29 is 0 Å². The lowest BCUT2D eigenvalue weighted by Crippen LogP contribution is -2.08. The quantitative estimate of drug-likeness (QED) is 0.793. The standard InChI is InChI=1S/C11H19N3/c1-8(2)14-11(9-3-4-9)7-10(13-14)5-6-12/h7-9H,3-6,12H2,1-2H3. The Labute approximate surface area is 85.3 Å². The van der Waals surface area contributed by atoms with Gasteiger partial charge in [0, 0.05) is 24.1 Å². The minimum atomic E-state index is 0.470. The molecule has 1 fully saturated rings. The Morgan fingerprint density at radius 2 is 2.29 bits per heavy atom. The second-order valence-electron chi connectivity index (χ2n) is 4.41. The summed E-state index contributed by atoms with van der Waals surface area (Å²) < 4.78 is 2.17. The molecule has 0 aromatic carbocycles. The highest BCUT2D eigenvalue weighted by Crippen LogP contribution is 2.41. The SMILES string of the molecule is CC(C)n1nc(CCN)cc1C1CC1. The minimum absolute atomic E-state index is 0.470. The highest BCUT2D eigenvalue weighted by molar-refractivity contribution is 5.20. The molecular formula is C11H19N3. The Hall–Kier alpha value is -0.830. The molecule has 1 aromatic rings. The van der Waals surface area contributed by atoms with E-state index in [2.05, 4.69) is 29.7 Å². The van der Waals surface area contributed by atoms with Crippen molar-refractivity contribution in [1.82, 2.24) is 9.78 Å². The largest absolute Gasteiger partial charge is 0.330 e. The van der Waals surface area contributed by atoms with Crippen LogP contribution in [0.4, 0.5) is 0 Å². The highest BCUT2D eigenvalue weighted by atomic mass is 15.3. The van der Waals surface area contributed by atoms with Crippen LogP contribution in [0.5, 0.6) is 0 Å². The summed E-state index contributed by atoms with van der Waals surface area (Å²) in [6.45, 7) is 5.06. The van der Waals surface area contributed by atoms with Crippen LogP contribution in [0.3, 0.4) is 0 Å². The maximum absolute atomic E-state index is 5.54. The van der Waals surface area contributed by atoms with Gasteiger partial charge in [0.1, 0.15) is 0 Å². The average Bonchev–Trinajstić information content (AvgIpc) is 2.88. The van der Waals surface area contributed by atoms with Gasteiger partial charge >= 0.3 is 0 Å². The molecule has 0 atom stereocenters. The van der Waals surface area contributed by atoms with Crippen molar-refractivity contribution in [2.75, 3.05) is 6.54 Å². The molecule has 1 saturated carbocycles. The van der Waals surface area contributed by atoms with E-state index < -0.39 is 0 Å². The van der Waals surface area contributed by atoms with E-state index in [-0.39, 0.29) is 0 Å². The summed E-state index contributed by atoms with van der Waals surface area (Å²) in [5.74, 6) is 0.774. The Balaban J connectivity index is 2.25. The first-order valence-corrected chi connectivity index (χ1v) is 5.50. The van der Waals surface area contributed by atoms with E-state index in [1.54, 1.807) is 0 Å². The maximum atomic E-state index is 5.54. The van der Waals surface area contributed by atoms with Crippen LogP contribution in [0.15, 0.2) is 6.07 Å². The number of hydrogen-bond donors (Lipinski definition) is 1. The fourth-order valence-corrected chi connectivity index (χ4v) is 1.83. The van der Waals surface area contributed by atoms with Crippen LogP contribution in [-0.4, -0.2) is 16.3 Å². The minimum Gasteiger partial charge on any atom is -0.330 e. The lowest BCUT2D eigenvalue weighted by molar-refractivity contribution is 0.505. The Morgan fingerprint density at radius 1 is 1.57 bits per heavy atom. The summed E-state index contributed by atoms with van der Waals surface area (Å²) >= 11 is 0. The topological polar surface area (TPSA) is 43.8 Å². The van der Waals surface area contributed by atoms with Crippen molar-refractivity contribution in [3.63, 3.8) is 0 Å². The molecule has 2 rings (SSSR count). The number of nitrogens with two attached hydrogens (primary N) is 1. The fraction of sp³-hybridized carbons (Fsp3) is 0.727. The van der Waals surface area contributed by atoms with Gasteiger partial charge in [-0.15, -0.1) is 0 Å². The number of hydrogen-bond acceptors (Lipinski definition) is 2. The molecule has 0 amide bonds. The van der Waals surface area contributed by atoms with Crippen molar-refractivity contribution in [3.05, 3.63) is 17.5 Å². The van der Waals surface area contributed by atoms with Crippen LogP contribution < -0.4 is 5.73 Å². The number of nitrogens with zero attached hydrogens (tertiary/aromatic N) is 2. The molecule has 2 N–H and O–H groups in total. The second kappa shape index (κ2) is 3.73. The zero-order valence-corrected chi connectivity index (χ0v) is 9.03. The lowest BCUT2D eigenvalue weighted by atomic mass is 10.2. The van der Waals surface area contributed by atoms with E-state index >= 15 is 0 Å². The van der Waals surface area contributed by atoms with Crippen LogP contribution in [0.25, 0.3) is 0 Å². The van der Waals surface area contributed by atoms with Crippen LogP contribution in [0, 0.1) is 0 Å². The lowest BCUT2D eigenvalue weighted by Gasteiger charge is -2.09. The number of aromatic nitrogens is 2. The molecule has 3 heteroatoms. The van der Waals surface area contributed by atoms with Crippen molar-refractivity contribution in [1.29, 1.82) is 0 Å². The zero-order chi connectivity index (χ0) is 10.1. The van der Waals surface area contributed by atoms with Gasteiger partial charge in [-0.3, -0.25) is 4.68 Å². The van der Waals surface area contributed by atoms with Gasteiger partial charge in [-0.1, -0.05) is 0 Å². The van der Waals surface area contributed by atoms with Crippen molar-refractivity contribution >= 4 is 0 Å². The summed E-state index contributed by atoms with van der Waals surface area (Å²) in [4.78, 5) is 0. The molecule has 1 aliphatic rings. The van der Waals surface area contributed by atoms with Gasteiger partial charge < -0.3 is 5.73 Å². The third-order valence-corrected chi connectivity index (χ3v) is 2.70. The van der Waals surface area contributed by atoms with Gasteiger partial charge in [0.05, 0.1) is 5.69 Å². The average molecular weight is 193 g/mol. The molecule has 0 radical (unpaired) electrons. The molecule has 0 aliphatic heterocycles. The molecule has 1 aromatic heterocycles. The normalized spacial score (nSPS) is 16.6. The summed E-state index contributed by atoms with van der Waals surface area (Å²) in [6, 6.07) is 2.71. The van der Waals surface area contributed by atoms with Crippen LogP contribution >= 0.6 is 0 Å². The Bertz CT molecular complexity index is 291. The summed E-state index contributed by atoms with van der Waals surface area (Å²) in [7, 11) is 0. The molecule has 1 aliphatic carbocycles. The van der Waals surface area contributed by atoms with Crippen molar-refractivity contribution in [2.24, 2.45) is 5.73 Å². The van der Waals surface area contributed by atoms with E-state index in [9.17, 15) is 0 Å². The molecule has 3 nitrogen and oxygen atoms in total. The maximum Gasteiger partial charge on any atom is 0.0640 e. The summed E-state index contributed by atoms with van der Waals surface area (Å²) in [6.07, 6.45) is 3.57. The second-order valence-corrected chi connectivity index (χ2v) is 4.41. The summed E-state index contributed by atoms with van der Waals surface area (Å²) in [5.41, 5.74) is 8.11. The van der Waals surface area contributed by atoms with Crippen LogP contribution in [0.2, 0.25) is 0 Å². The van der Waals surface area contributed by atoms with Crippen LogP contribution in [-0.2, 0) is 6.42 Å². The first-order chi connectivity index (χ1) is 6.72. The van der Waals surface area contributed by atoms with Gasteiger partial charge in [0.25, 0.3) is 0 Å². The monoisotopic (exact) mass is 193 g/mol. The van der Waals surface area contributed by atoms with E-state index in [1.165, 1.54) is 18.5 Å². The van der Waals surface area contributed by atoms with E-state index in [0.717, 1.165) is 18.0 Å². The van der Waals surface area contributed by atoms with E-state index in [0.29, 0.717) is 12.6 Å². The fourth-order valence-electron chi connectivity index (χ4n) is 1.83. The van der Waals surface area contributed by atoms with E-state index in [4.69, 9.17) is 5.73 Å². The van der Waals surface area contributed by atoms with Gasteiger partial charge in [0.15, 0.2) is 0 Å². The van der Waals surface area contributed by atoms with E-state index in [1.807, 2.05) is 0 Å². The first kappa shape index (κ1) is 9.71. The molecule has 0 unspecified atom stereocenters. The predicted molar refractivity (Wildman–Crippen MR) is 57.3 cm³/mol. The molecule has 78 valence electrons. The Kier molecular flexibility index (Phi) is 2.59. The smallest absolute Gasteiger partial charge is 0.0640 e. The highest BCUT2D eigenvalue weighted by Gasteiger charge is 2.28. The van der Waals surface area contributed by atoms with Crippen molar-refractivity contribution in [3.8, 4) is 0 Å². The predicted octanol–water partition coefficient (Wildman–Crippen LogP) is 1.84. The molecule has 0 saturated heterocycles. The van der Waals surface area contributed by atoms with Gasteiger partial charge in [-0.2, -0.15) is 5.10 Å². The molecule has 0 spiro atoms. The molecule has 14 heavy (non-hydrogen) atoms. The van der Waals surface area contributed by atoms with Gasteiger partial charge in [0.2, 0.25) is 0 Å². The number of rotatable bonds is 4. The zero-order valence-electron chi connectivity index (χ0n) is 9.03. The third-order valence-electron chi connectivity index (χ3n) is 2.70. The molecule has 1 heterocycles. The molecular weight excluding hydrogens is 174 g/mol. The van der Waals surface area contributed by atoms with Crippen LogP contribution in [0.1, 0.15) is 50.0 Å². The van der Waals surface area contributed by atoms with Crippen molar-refractivity contribution in [2.45, 2.75) is 45.1 Å². The first-order valence-electron chi connectivity index (χ1n) is 5.50. The Morgan fingerprint density at radius 3 is 2.79 bits per heavy atom. The summed E-state index contributed by atoms with van der Waals surface area (Å²) in [5, 5.41) is 4.60. The third kappa shape index (κ3) is 1.82. The molecule has 0 bridgehead atoms.